The lowest BCUT2D eigenvalue weighted by Crippen LogP contribution is -2.30. The van der Waals surface area contributed by atoms with Crippen molar-refractivity contribution in [3.8, 4) is 5.69 Å². The minimum absolute atomic E-state index is 0.106. The molecular weight excluding hydrogens is 384 g/mol. The Balaban J connectivity index is 1.55. The molecule has 6 heteroatoms. The molecule has 5 nitrogen and oxygen atoms in total. The molecule has 0 aliphatic carbocycles. The van der Waals surface area contributed by atoms with Crippen molar-refractivity contribution in [3.63, 3.8) is 0 Å². The normalized spacial score (nSPS) is 13.0. The molecule has 0 saturated carbocycles. The Morgan fingerprint density at radius 1 is 1.07 bits per heavy atom. The molecule has 1 aliphatic rings. The molecule has 4 aromatic rings. The van der Waals surface area contributed by atoms with Crippen LogP contribution in [0.25, 0.3) is 5.69 Å². The Hall–Kier alpha value is -3.31. The zero-order valence-electron chi connectivity index (χ0n) is 15.9. The van der Waals surface area contributed by atoms with Gasteiger partial charge < -0.3 is 14.0 Å². The van der Waals surface area contributed by atoms with E-state index in [0.29, 0.717) is 17.1 Å². The van der Waals surface area contributed by atoms with Crippen LogP contribution in [-0.2, 0) is 13.1 Å². The number of amides is 1. The van der Waals surface area contributed by atoms with Gasteiger partial charge in [0.25, 0.3) is 5.91 Å². The maximum atomic E-state index is 13.5. The third-order valence-electron chi connectivity index (χ3n) is 5.30. The maximum absolute atomic E-state index is 13.5. The van der Waals surface area contributed by atoms with Crippen LogP contribution >= 0.6 is 11.6 Å². The Bertz CT molecular complexity index is 1220. The van der Waals surface area contributed by atoms with Gasteiger partial charge in [-0.3, -0.25) is 4.79 Å². The lowest BCUT2D eigenvalue weighted by Gasteiger charge is -2.23. The highest BCUT2D eigenvalue weighted by Gasteiger charge is 2.26. The van der Waals surface area contributed by atoms with Gasteiger partial charge in [0.05, 0.1) is 29.2 Å². The van der Waals surface area contributed by atoms with Gasteiger partial charge in [0.15, 0.2) is 0 Å². The number of benzene rings is 2. The second-order valence-corrected chi connectivity index (χ2v) is 7.64. The molecule has 1 aliphatic heterocycles. The summed E-state index contributed by atoms with van der Waals surface area (Å²) in [7, 11) is 0. The van der Waals surface area contributed by atoms with E-state index < -0.39 is 0 Å². The first-order valence-corrected chi connectivity index (χ1v) is 9.82. The van der Waals surface area contributed by atoms with E-state index in [1.54, 1.807) is 12.4 Å². The quantitative estimate of drug-likeness (QED) is 0.481. The van der Waals surface area contributed by atoms with Crippen LogP contribution in [0.4, 0.5) is 5.69 Å². The highest BCUT2D eigenvalue weighted by atomic mass is 35.5. The molecule has 0 atom stereocenters. The molecule has 0 spiro atoms. The van der Waals surface area contributed by atoms with Crippen LogP contribution < -0.4 is 4.90 Å². The molecule has 0 unspecified atom stereocenters. The van der Waals surface area contributed by atoms with Crippen LogP contribution in [0.3, 0.4) is 0 Å². The predicted molar refractivity (Wildman–Crippen MR) is 114 cm³/mol. The van der Waals surface area contributed by atoms with Crippen molar-refractivity contribution < 1.29 is 4.79 Å². The molecule has 3 heterocycles. The van der Waals surface area contributed by atoms with E-state index in [1.807, 2.05) is 59.0 Å². The van der Waals surface area contributed by atoms with Gasteiger partial charge in [-0.05, 0) is 48.9 Å². The number of carbonyl (C=O) groups excluding carboxylic acids is 1. The van der Waals surface area contributed by atoms with E-state index in [4.69, 9.17) is 11.6 Å². The smallest absolute Gasteiger partial charge is 0.260 e. The van der Waals surface area contributed by atoms with Crippen LogP contribution in [0.15, 0.2) is 73.3 Å². The number of halogens is 1. The largest absolute Gasteiger partial charge is 0.345 e. The molecule has 0 saturated heterocycles. The number of nitrogens with zero attached hydrogens (tertiary/aromatic N) is 4. The number of hydrogen-bond acceptors (Lipinski definition) is 2. The van der Waals surface area contributed by atoms with E-state index in [-0.39, 0.29) is 5.91 Å². The molecule has 0 radical (unpaired) electrons. The summed E-state index contributed by atoms with van der Waals surface area (Å²) < 4.78 is 4.07. The number of para-hydroxylation sites is 1. The van der Waals surface area contributed by atoms with Crippen LogP contribution in [0, 0.1) is 6.92 Å². The standard InChI is InChI=1S/C23H19ClN4O/c1-16-12-27(15-25-16)18-8-9-20(21(24)11-18)23(29)28-14-19-6-4-10-26(19)13-17-5-2-3-7-22(17)28/h2-12,15H,13-14H2,1H3. The lowest BCUT2D eigenvalue weighted by atomic mass is 10.1. The van der Waals surface area contributed by atoms with Crippen LogP contribution in [0.2, 0.25) is 5.02 Å². The van der Waals surface area contributed by atoms with Crippen molar-refractivity contribution in [2.24, 2.45) is 0 Å². The van der Waals surface area contributed by atoms with E-state index >= 15 is 0 Å². The molecule has 2 aromatic carbocycles. The molecule has 1 amide bonds. The molecule has 0 fully saturated rings. The minimum Gasteiger partial charge on any atom is -0.345 e. The summed E-state index contributed by atoms with van der Waals surface area (Å²) in [5.41, 5.74) is 5.41. The maximum Gasteiger partial charge on any atom is 0.260 e. The number of imidazole rings is 1. The second-order valence-electron chi connectivity index (χ2n) is 7.23. The van der Waals surface area contributed by atoms with Crippen LogP contribution in [0.1, 0.15) is 27.3 Å². The fraction of sp³-hybridized carbons (Fsp3) is 0.130. The fourth-order valence-corrected chi connectivity index (χ4v) is 4.07. The number of fused-ring (bicyclic) bond motifs is 2. The Kier molecular flexibility index (Phi) is 4.25. The summed E-state index contributed by atoms with van der Waals surface area (Å²) in [5, 5.41) is 0.427. The average Bonchev–Trinajstić information content (AvgIpc) is 3.32. The van der Waals surface area contributed by atoms with Crippen molar-refractivity contribution >= 4 is 23.2 Å². The van der Waals surface area contributed by atoms with Crippen molar-refractivity contribution in [2.45, 2.75) is 20.0 Å². The Morgan fingerprint density at radius 3 is 2.72 bits per heavy atom. The fourth-order valence-electron chi connectivity index (χ4n) is 3.81. The minimum atomic E-state index is -0.106. The number of carbonyl (C=O) groups is 1. The third-order valence-corrected chi connectivity index (χ3v) is 5.62. The summed E-state index contributed by atoms with van der Waals surface area (Å²) in [6.07, 6.45) is 5.71. The number of aryl methyl sites for hydroxylation is 1. The third kappa shape index (κ3) is 3.13. The summed E-state index contributed by atoms with van der Waals surface area (Å²) in [4.78, 5) is 19.6. The number of rotatable bonds is 2. The molecular formula is C23H19ClN4O. The van der Waals surface area contributed by atoms with Crippen molar-refractivity contribution in [1.29, 1.82) is 0 Å². The SMILES string of the molecule is Cc1cn(-c2ccc(C(=O)N3Cc4cccn4Cc4ccccc43)c(Cl)c2)cn1. The summed E-state index contributed by atoms with van der Waals surface area (Å²) in [5.74, 6) is -0.106. The van der Waals surface area contributed by atoms with Gasteiger partial charge in [-0.2, -0.15) is 0 Å². The molecule has 29 heavy (non-hydrogen) atoms. The van der Waals surface area contributed by atoms with Gasteiger partial charge in [-0.15, -0.1) is 0 Å². The second kappa shape index (κ2) is 6.94. The van der Waals surface area contributed by atoms with E-state index in [1.165, 1.54) is 0 Å². The highest BCUT2D eigenvalue weighted by molar-refractivity contribution is 6.34. The molecule has 0 bridgehead atoms. The number of hydrogen-bond donors (Lipinski definition) is 0. The average molecular weight is 403 g/mol. The van der Waals surface area contributed by atoms with Crippen LogP contribution in [-0.4, -0.2) is 20.0 Å². The van der Waals surface area contributed by atoms with Crippen molar-refractivity contribution in [2.75, 3.05) is 4.90 Å². The monoisotopic (exact) mass is 402 g/mol. The summed E-state index contributed by atoms with van der Waals surface area (Å²) in [6, 6.07) is 17.6. The summed E-state index contributed by atoms with van der Waals surface area (Å²) in [6.45, 7) is 3.18. The summed E-state index contributed by atoms with van der Waals surface area (Å²) >= 11 is 6.56. The number of aromatic nitrogens is 3. The van der Waals surface area contributed by atoms with Crippen molar-refractivity contribution in [3.05, 3.63) is 101 Å². The van der Waals surface area contributed by atoms with E-state index in [9.17, 15) is 4.79 Å². The van der Waals surface area contributed by atoms with E-state index in [2.05, 4.69) is 27.9 Å². The van der Waals surface area contributed by atoms with Gasteiger partial charge in [0, 0.05) is 36.0 Å². The topological polar surface area (TPSA) is 43.1 Å². The predicted octanol–water partition coefficient (Wildman–Crippen LogP) is 4.84. The molecule has 5 rings (SSSR count). The highest BCUT2D eigenvalue weighted by Crippen LogP contribution is 2.31. The van der Waals surface area contributed by atoms with Gasteiger partial charge in [0.2, 0.25) is 0 Å². The first-order valence-electron chi connectivity index (χ1n) is 9.44. The zero-order valence-corrected chi connectivity index (χ0v) is 16.7. The Labute approximate surface area is 173 Å². The molecule has 144 valence electrons. The molecule has 0 N–H and O–H groups in total. The first-order chi connectivity index (χ1) is 14.1. The van der Waals surface area contributed by atoms with Gasteiger partial charge in [-0.25, -0.2) is 4.98 Å². The van der Waals surface area contributed by atoms with Crippen LogP contribution in [0.5, 0.6) is 0 Å². The van der Waals surface area contributed by atoms with Gasteiger partial charge >= 0.3 is 0 Å². The Morgan fingerprint density at radius 2 is 1.93 bits per heavy atom. The molecule has 2 aromatic heterocycles. The van der Waals surface area contributed by atoms with Crippen molar-refractivity contribution in [1.82, 2.24) is 14.1 Å². The first kappa shape index (κ1) is 17.8. The van der Waals surface area contributed by atoms with Gasteiger partial charge in [-0.1, -0.05) is 29.8 Å². The van der Waals surface area contributed by atoms with Gasteiger partial charge in [0.1, 0.15) is 0 Å². The zero-order chi connectivity index (χ0) is 20.0. The lowest BCUT2D eigenvalue weighted by molar-refractivity contribution is 0.0985. The van der Waals surface area contributed by atoms with E-state index in [0.717, 1.165) is 34.9 Å². The number of anilines is 1.